The van der Waals surface area contributed by atoms with E-state index in [2.05, 4.69) is 4.42 Å². The average molecular weight is 104 g/mol. The molecule has 0 saturated carbocycles. The summed E-state index contributed by atoms with van der Waals surface area (Å²) in [7, 11) is 0. The molecule has 0 spiro atoms. The van der Waals surface area contributed by atoms with E-state index in [1.807, 2.05) is 0 Å². The molecule has 0 atom stereocenters. The van der Waals surface area contributed by atoms with Crippen molar-refractivity contribution >= 4 is 0 Å². The van der Waals surface area contributed by atoms with Crippen LogP contribution in [0.15, 0.2) is 22.8 Å². The van der Waals surface area contributed by atoms with Crippen LogP contribution in [0.5, 0.6) is 0 Å². The Balaban J connectivity index is 0.000000490. The van der Waals surface area contributed by atoms with E-state index >= 15 is 0 Å². The van der Waals surface area contributed by atoms with E-state index in [9.17, 15) is 5.11 Å². The van der Waals surface area contributed by atoms with Crippen molar-refractivity contribution in [2.45, 2.75) is 6.61 Å². The molecule has 1 rings (SSSR count). The summed E-state index contributed by atoms with van der Waals surface area (Å²) >= 11 is 0. The van der Waals surface area contributed by atoms with Gasteiger partial charge in [-0.3, -0.25) is 0 Å². The average Bonchev–Trinajstić information content (AvgIpc) is 2.14. The molecule has 0 aliphatic heterocycles. The summed E-state index contributed by atoms with van der Waals surface area (Å²) in [6, 6.07) is 3.36. The van der Waals surface area contributed by atoms with Crippen LogP contribution in [-0.4, -0.2) is 0 Å². The molecule has 0 bridgehead atoms. The molecule has 2 nitrogen and oxygen atoms in total. The Kier molecular flexibility index (Phi) is 3.72. The molecule has 0 aliphatic rings. The first-order valence-electron chi connectivity index (χ1n) is 2.04. The summed E-state index contributed by atoms with van der Waals surface area (Å²) < 4.78 is 4.67. The summed E-state index contributed by atoms with van der Waals surface area (Å²) in [5.74, 6) is 0.500. The van der Waals surface area contributed by atoms with Gasteiger partial charge in [-0.25, -0.2) is 0 Å². The van der Waals surface area contributed by atoms with Crippen molar-refractivity contribution in [2.24, 2.45) is 0 Å². The molecule has 0 N–H and O–H groups in total. The van der Waals surface area contributed by atoms with Crippen LogP contribution in [0, 0.1) is 0 Å². The van der Waals surface area contributed by atoms with Crippen molar-refractivity contribution < 1.29 is 28.4 Å². The van der Waals surface area contributed by atoms with Crippen molar-refractivity contribution in [3.8, 4) is 0 Å². The fraction of sp³-hybridized carbons (Fsp3) is 0.200. The van der Waals surface area contributed by atoms with Crippen molar-refractivity contribution in [3.63, 3.8) is 0 Å². The maximum atomic E-state index is 9.90. The molecule has 8 heavy (non-hydrogen) atoms. The van der Waals surface area contributed by atoms with Gasteiger partial charge in [0.25, 0.3) is 0 Å². The molecule has 38 valence electrons. The van der Waals surface area contributed by atoms with E-state index in [4.69, 9.17) is 0 Å². The number of rotatable bonds is 1. The van der Waals surface area contributed by atoms with Gasteiger partial charge in [0, 0.05) is 0 Å². The fourth-order valence-corrected chi connectivity index (χ4v) is 0.395. The smallest absolute Gasteiger partial charge is 0.849 e. The molecule has 0 fully saturated rings. The van der Waals surface area contributed by atoms with Crippen molar-refractivity contribution in [1.29, 1.82) is 0 Å². The molecule has 1 aromatic heterocycles. The molecule has 1 aromatic rings. The van der Waals surface area contributed by atoms with E-state index in [0.717, 1.165) is 0 Å². The van der Waals surface area contributed by atoms with Crippen LogP contribution in [0.4, 0.5) is 0 Å². The van der Waals surface area contributed by atoms with E-state index in [0.29, 0.717) is 5.76 Å². The van der Waals surface area contributed by atoms with Crippen LogP contribution in [0.3, 0.4) is 0 Å². The minimum absolute atomic E-state index is 0. The van der Waals surface area contributed by atoms with Crippen LogP contribution in [0.25, 0.3) is 0 Å². The maximum Gasteiger partial charge on any atom is 1.00 e. The second-order valence-corrected chi connectivity index (χ2v) is 1.22. The van der Waals surface area contributed by atoms with Gasteiger partial charge in [-0.05, 0) is 12.1 Å². The first-order valence-corrected chi connectivity index (χ1v) is 2.04. The third kappa shape index (κ3) is 1.75. The van der Waals surface area contributed by atoms with E-state index < -0.39 is 0 Å². The molecule has 0 saturated heterocycles. The molecular weight excluding hydrogens is 99.0 g/mol. The quantitative estimate of drug-likeness (QED) is 0.359. The minimum Gasteiger partial charge on any atom is -0.849 e. The molecule has 3 heteroatoms. The third-order valence-corrected chi connectivity index (χ3v) is 0.722. The fourth-order valence-electron chi connectivity index (χ4n) is 0.395. The van der Waals surface area contributed by atoms with Gasteiger partial charge in [0.2, 0.25) is 0 Å². The Morgan fingerprint density at radius 3 is 2.62 bits per heavy atom. The zero-order valence-corrected chi connectivity index (χ0v) is 4.76. The van der Waals surface area contributed by atoms with Gasteiger partial charge in [0.05, 0.1) is 12.0 Å². The van der Waals surface area contributed by atoms with Crippen LogP contribution in [0.1, 0.15) is 5.76 Å². The van der Waals surface area contributed by atoms with Crippen LogP contribution in [-0.2, 0) is 6.61 Å². The van der Waals surface area contributed by atoms with Gasteiger partial charge in [0.15, 0.2) is 0 Å². The zero-order valence-electron chi connectivity index (χ0n) is 4.76. The Bertz CT molecular complexity index is 125. The summed E-state index contributed by atoms with van der Waals surface area (Å²) in [5, 5.41) is 9.90. The van der Waals surface area contributed by atoms with E-state index in [-0.39, 0.29) is 25.5 Å². The number of hydrogen-bond donors (Lipinski definition) is 0. The predicted octanol–water partition coefficient (Wildman–Crippen LogP) is -2.86. The molecule has 0 aromatic carbocycles. The Labute approximate surface area is 59.7 Å². The molecule has 0 amide bonds. The minimum atomic E-state index is -0.257. The summed E-state index contributed by atoms with van der Waals surface area (Å²) in [4.78, 5) is 0. The van der Waals surface area contributed by atoms with Gasteiger partial charge in [-0.15, -0.1) is 0 Å². The Morgan fingerprint density at radius 2 is 2.38 bits per heavy atom. The standard InChI is InChI=1S/C5H5O2.Li/c6-4-5-2-1-3-7-5;/h1-3H,4H2;/q-1;+1. The number of furan rings is 1. The van der Waals surface area contributed by atoms with Crippen LogP contribution >= 0.6 is 0 Å². The van der Waals surface area contributed by atoms with Crippen molar-refractivity contribution in [1.82, 2.24) is 0 Å². The molecule has 0 unspecified atom stereocenters. The van der Waals surface area contributed by atoms with Crippen LogP contribution in [0.2, 0.25) is 0 Å². The van der Waals surface area contributed by atoms with Gasteiger partial charge in [0.1, 0.15) is 0 Å². The van der Waals surface area contributed by atoms with Gasteiger partial charge >= 0.3 is 18.9 Å². The zero-order chi connectivity index (χ0) is 5.11. The summed E-state index contributed by atoms with van der Waals surface area (Å²) in [5.41, 5.74) is 0. The molecule has 1 heterocycles. The predicted molar refractivity (Wildman–Crippen MR) is 22.4 cm³/mol. The number of hydrogen-bond acceptors (Lipinski definition) is 2. The SMILES string of the molecule is [Li+].[O-]Cc1ccco1. The summed E-state index contributed by atoms with van der Waals surface area (Å²) in [6.45, 7) is -0.257. The van der Waals surface area contributed by atoms with Crippen LogP contribution < -0.4 is 24.0 Å². The molecule has 0 radical (unpaired) electrons. The third-order valence-electron chi connectivity index (χ3n) is 0.722. The maximum absolute atomic E-state index is 9.90. The second kappa shape index (κ2) is 3.79. The summed E-state index contributed by atoms with van der Waals surface area (Å²) in [6.07, 6.45) is 1.49. The van der Waals surface area contributed by atoms with Crippen molar-refractivity contribution in [2.75, 3.05) is 0 Å². The van der Waals surface area contributed by atoms with E-state index in [1.54, 1.807) is 12.1 Å². The molecule has 0 aliphatic carbocycles. The van der Waals surface area contributed by atoms with Crippen molar-refractivity contribution in [3.05, 3.63) is 24.2 Å². The first-order chi connectivity index (χ1) is 3.43. The van der Waals surface area contributed by atoms with Gasteiger partial charge in [-0.2, -0.15) is 0 Å². The van der Waals surface area contributed by atoms with E-state index in [1.165, 1.54) is 6.26 Å². The topological polar surface area (TPSA) is 36.2 Å². The monoisotopic (exact) mass is 104 g/mol. The largest absolute Gasteiger partial charge is 1.00 e. The normalized spacial score (nSPS) is 8.12. The van der Waals surface area contributed by atoms with Gasteiger partial charge in [-0.1, -0.05) is 6.61 Å². The Morgan fingerprint density at radius 1 is 1.62 bits per heavy atom. The molecular formula is C5H5LiO2. The first kappa shape index (κ1) is 7.84. The van der Waals surface area contributed by atoms with Gasteiger partial charge < -0.3 is 9.52 Å². The second-order valence-electron chi connectivity index (χ2n) is 1.22. The Hall–Kier alpha value is -0.163.